The van der Waals surface area contributed by atoms with E-state index in [0.717, 1.165) is 0 Å². The van der Waals surface area contributed by atoms with Crippen LogP contribution in [0.5, 0.6) is 0 Å². The Morgan fingerprint density at radius 2 is 2.09 bits per heavy atom. The number of hydrogen-bond donors (Lipinski definition) is 1. The highest BCUT2D eigenvalue weighted by Gasteiger charge is 2.15. The van der Waals surface area contributed by atoms with E-state index in [9.17, 15) is 4.79 Å². The maximum atomic E-state index is 12.4. The summed E-state index contributed by atoms with van der Waals surface area (Å²) in [6, 6.07) is 7.07. The summed E-state index contributed by atoms with van der Waals surface area (Å²) in [7, 11) is 0. The molecule has 112 valence electrons. The Labute approximate surface area is 132 Å². The average Bonchev–Trinajstić information content (AvgIpc) is 2.90. The van der Waals surface area contributed by atoms with Gasteiger partial charge in [-0.3, -0.25) is 4.79 Å². The molecule has 6 nitrogen and oxygen atoms in total. The molecule has 2 aromatic heterocycles. The molecule has 0 saturated carbocycles. The molecule has 1 N–H and O–H groups in total. The first-order valence-corrected chi connectivity index (χ1v) is 7.25. The van der Waals surface area contributed by atoms with E-state index in [1.54, 1.807) is 37.4 Å². The number of carbonyl (C=O) groups excluding carboxylic acids is 1. The van der Waals surface area contributed by atoms with Crippen molar-refractivity contribution in [2.75, 3.05) is 5.32 Å². The zero-order chi connectivity index (χ0) is 15.7. The Morgan fingerprint density at radius 1 is 1.32 bits per heavy atom. The Bertz CT molecular complexity index is 858. The first-order chi connectivity index (χ1) is 10.6. The lowest BCUT2D eigenvalue weighted by Gasteiger charge is -2.08. The molecule has 0 radical (unpaired) electrons. The number of hydrogen-bond acceptors (Lipinski definition) is 4. The van der Waals surface area contributed by atoms with Crippen molar-refractivity contribution in [1.29, 1.82) is 0 Å². The molecule has 0 atom stereocenters. The summed E-state index contributed by atoms with van der Waals surface area (Å²) in [6.07, 6.45) is 2.35. The van der Waals surface area contributed by atoms with Crippen LogP contribution in [0.4, 0.5) is 5.69 Å². The zero-order valence-electron chi connectivity index (χ0n) is 12.2. The molecule has 0 aliphatic carbocycles. The molecule has 0 saturated heterocycles. The van der Waals surface area contributed by atoms with E-state index in [0.29, 0.717) is 40.0 Å². The Morgan fingerprint density at radius 3 is 2.82 bits per heavy atom. The minimum Gasteiger partial charge on any atom is -0.321 e. The molecular weight excluding hydrogens is 302 g/mol. The second-order valence-electron chi connectivity index (χ2n) is 4.80. The minimum atomic E-state index is -0.284. The van der Waals surface area contributed by atoms with Crippen LogP contribution < -0.4 is 5.32 Å². The fourth-order valence-electron chi connectivity index (χ4n) is 2.07. The third-order valence-corrected chi connectivity index (χ3v) is 3.58. The van der Waals surface area contributed by atoms with Crippen molar-refractivity contribution in [3.63, 3.8) is 0 Å². The van der Waals surface area contributed by atoms with Gasteiger partial charge in [0.25, 0.3) is 11.7 Å². The molecule has 1 aromatic carbocycles. The molecule has 0 unspecified atom stereocenters. The van der Waals surface area contributed by atoms with Crippen molar-refractivity contribution in [2.24, 2.45) is 0 Å². The number of halogens is 1. The fraction of sp³-hybridized carbons (Fsp3) is 0.200. The minimum absolute atomic E-state index is 0.284. The van der Waals surface area contributed by atoms with E-state index >= 15 is 0 Å². The van der Waals surface area contributed by atoms with Crippen molar-refractivity contribution in [3.05, 3.63) is 52.6 Å². The zero-order valence-corrected chi connectivity index (χ0v) is 12.9. The maximum Gasteiger partial charge on any atom is 0.259 e. The first kappa shape index (κ1) is 14.5. The summed E-state index contributed by atoms with van der Waals surface area (Å²) in [5, 5.41) is 7.54. The number of fused-ring (bicyclic) bond motifs is 1. The van der Waals surface area contributed by atoms with Crippen LogP contribution in [-0.4, -0.2) is 25.5 Å². The molecular formula is C15H14ClN5O. The number of aromatic nitrogens is 4. The van der Waals surface area contributed by atoms with Crippen LogP contribution >= 0.6 is 11.6 Å². The summed E-state index contributed by atoms with van der Waals surface area (Å²) in [5.74, 6) is 0.896. The topological polar surface area (TPSA) is 72.2 Å². The van der Waals surface area contributed by atoms with Gasteiger partial charge < -0.3 is 5.32 Å². The molecule has 3 rings (SSSR count). The first-order valence-electron chi connectivity index (χ1n) is 6.87. The molecule has 0 bridgehead atoms. The third-order valence-electron chi connectivity index (χ3n) is 3.25. The highest BCUT2D eigenvalue weighted by Crippen LogP contribution is 2.21. The van der Waals surface area contributed by atoms with E-state index in [2.05, 4.69) is 20.4 Å². The third kappa shape index (κ3) is 2.65. The number of anilines is 1. The monoisotopic (exact) mass is 315 g/mol. The van der Waals surface area contributed by atoms with Crippen molar-refractivity contribution >= 4 is 29.0 Å². The molecule has 3 aromatic rings. The van der Waals surface area contributed by atoms with Gasteiger partial charge in [-0.15, -0.1) is 5.10 Å². The Hall–Kier alpha value is -2.47. The summed E-state index contributed by atoms with van der Waals surface area (Å²) in [6.45, 7) is 3.73. The number of nitrogens with one attached hydrogen (secondary N) is 1. The molecule has 7 heteroatoms. The highest BCUT2D eigenvalue weighted by atomic mass is 35.5. The SMILES string of the molecule is CCc1nc2nc(C)c(C(=O)Nc3ccccc3Cl)cn2n1. The Kier molecular flexibility index (Phi) is 3.77. The van der Waals surface area contributed by atoms with Crippen LogP contribution in [-0.2, 0) is 6.42 Å². The molecule has 2 heterocycles. The van der Waals surface area contributed by atoms with Crippen molar-refractivity contribution in [1.82, 2.24) is 19.6 Å². The standard InChI is InChI=1S/C15H14ClN5O/c1-3-13-19-15-17-9(2)10(8-21(15)20-13)14(22)18-12-7-5-4-6-11(12)16/h4-8H,3H2,1-2H3,(H,18,22). The quantitative estimate of drug-likeness (QED) is 0.806. The Balaban J connectivity index is 1.96. The van der Waals surface area contributed by atoms with Crippen LogP contribution in [0.15, 0.2) is 30.5 Å². The maximum absolute atomic E-state index is 12.4. The van der Waals surface area contributed by atoms with Gasteiger partial charge in [-0.05, 0) is 19.1 Å². The number of benzene rings is 1. The molecule has 1 amide bonds. The molecule has 0 aliphatic rings. The predicted molar refractivity (Wildman–Crippen MR) is 84.3 cm³/mol. The number of rotatable bonds is 3. The van der Waals surface area contributed by atoms with Crippen molar-refractivity contribution < 1.29 is 4.79 Å². The smallest absolute Gasteiger partial charge is 0.259 e. The van der Waals surface area contributed by atoms with E-state index < -0.39 is 0 Å². The summed E-state index contributed by atoms with van der Waals surface area (Å²) in [4.78, 5) is 21.0. The summed E-state index contributed by atoms with van der Waals surface area (Å²) < 4.78 is 1.52. The van der Waals surface area contributed by atoms with Crippen LogP contribution in [0.2, 0.25) is 5.02 Å². The summed E-state index contributed by atoms with van der Waals surface area (Å²) in [5.41, 5.74) is 1.58. The molecule has 0 aliphatic heterocycles. The lowest BCUT2D eigenvalue weighted by Crippen LogP contribution is -2.15. The second kappa shape index (κ2) is 5.73. The van der Waals surface area contributed by atoms with E-state index in [4.69, 9.17) is 11.6 Å². The predicted octanol–water partition coefficient (Wildman–Crippen LogP) is 2.90. The highest BCUT2D eigenvalue weighted by molar-refractivity contribution is 6.33. The number of para-hydroxylation sites is 1. The largest absolute Gasteiger partial charge is 0.321 e. The molecule has 0 fully saturated rings. The lowest BCUT2D eigenvalue weighted by atomic mass is 10.2. The van der Waals surface area contributed by atoms with Gasteiger partial charge in [0.15, 0.2) is 5.82 Å². The van der Waals surface area contributed by atoms with Crippen LogP contribution in [0.3, 0.4) is 0 Å². The summed E-state index contributed by atoms with van der Waals surface area (Å²) >= 11 is 6.05. The van der Waals surface area contributed by atoms with Crippen LogP contribution in [0.25, 0.3) is 5.78 Å². The fourth-order valence-corrected chi connectivity index (χ4v) is 2.25. The number of nitrogens with zero attached hydrogens (tertiary/aromatic N) is 4. The van der Waals surface area contributed by atoms with Gasteiger partial charge in [0.1, 0.15) is 0 Å². The normalized spacial score (nSPS) is 10.9. The van der Waals surface area contributed by atoms with Crippen molar-refractivity contribution in [3.8, 4) is 0 Å². The average molecular weight is 316 g/mol. The number of aryl methyl sites for hydroxylation is 2. The van der Waals surface area contributed by atoms with Crippen LogP contribution in [0.1, 0.15) is 28.8 Å². The van der Waals surface area contributed by atoms with E-state index in [1.807, 2.05) is 6.92 Å². The van der Waals surface area contributed by atoms with E-state index in [-0.39, 0.29) is 5.91 Å². The van der Waals surface area contributed by atoms with E-state index in [1.165, 1.54) is 4.52 Å². The molecule has 0 spiro atoms. The van der Waals surface area contributed by atoms with Gasteiger partial charge >= 0.3 is 0 Å². The van der Waals surface area contributed by atoms with Gasteiger partial charge in [-0.25, -0.2) is 9.50 Å². The van der Waals surface area contributed by atoms with Crippen LogP contribution in [0, 0.1) is 6.92 Å². The second-order valence-corrected chi connectivity index (χ2v) is 5.21. The van der Waals surface area contributed by atoms with Gasteiger partial charge in [-0.1, -0.05) is 30.7 Å². The van der Waals surface area contributed by atoms with Gasteiger partial charge in [0.2, 0.25) is 0 Å². The molecule has 22 heavy (non-hydrogen) atoms. The number of carbonyl (C=O) groups is 1. The van der Waals surface area contributed by atoms with Crippen molar-refractivity contribution in [2.45, 2.75) is 20.3 Å². The lowest BCUT2D eigenvalue weighted by molar-refractivity contribution is 0.102. The van der Waals surface area contributed by atoms with Gasteiger partial charge in [0.05, 0.1) is 22.0 Å². The van der Waals surface area contributed by atoms with Gasteiger partial charge in [0, 0.05) is 12.6 Å². The van der Waals surface area contributed by atoms with Gasteiger partial charge in [-0.2, -0.15) is 4.98 Å². The number of amides is 1.